The summed E-state index contributed by atoms with van der Waals surface area (Å²) in [4.78, 5) is 27.9. The summed E-state index contributed by atoms with van der Waals surface area (Å²) in [5.41, 5.74) is 4.54. The second-order valence-corrected chi connectivity index (χ2v) is 20.0. The Bertz CT molecular complexity index is 3490. The third-order valence-electron chi connectivity index (χ3n) is 15.2. The summed E-state index contributed by atoms with van der Waals surface area (Å²) < 4.78 is 53.1. The quantitative estimate of drug-likeness (QED) is 0.146. The van der Waals surface area contributed by atoms with Crippen molar-refractivity contribution in [1.29, 1.82) is 0 Å². The van der Waals surface area contributed by atoms with E-state index in [2.05, 4.69) is 11.2 Å². The Kier molecular flexibility index (Phi) is 14.1. The van der Waals surface area contributed by atoms with Gasteiger partial charge in [-0.2, -0.15) is 10.2 Å². The molecule has 3 aliphatic rings. The minimum Gasteiger partial charge on any atom is -0.497 e. The molecule has 4 aromatic carbocycles. The molecule has 0 unspecified atom stereocenters. The molecule has 11 rings (SSSR count). The van der Waals surface area contributed by atoms with E-state index in [1.54, 1.807) is 68.2 Å². The maximum absolute atomic E-state index is 14.2. The van der Waals surface area contributed by atoms with Crippen LogP contribution >= 0.6 is 0 Å². The van der Waals surface area contributed by atoms with Crippen LogP contribution < -0.4 is 41.0 Å². The van der Waals surface area contributed by atoms with Gasteiger partial charge in [-0.25, -0.2) is 0 Å². The zero-order valence-electron chi connectivity index (χ0n) is 43.1. The molecule has 74 heavy (non-hydrogen) atoms. The molecule has 0 spiro atoms. The monoisotopic (exact) mass is 1010 g/mol. The molecule has 0 bridgehead atoms. The van der Waals surface area contributed by atoms with Crippen molar-refractivity contribution in [2.75, 3.05) is 54.9 Å². The molecule has 2 N–H and O–H groups in total. The van der Waals surface area contributed by atoms with Crippen molar-refractivity contribution in [3.8, 4) is 23.0 Å². The van der Waals surface area contributed by atoms with Crippen LogP contribution in [0.5, 0.6) is 23.0 Å². The molecule has 7 heterocycles. The highest BCUT2D eigenvalue weighted by molar-refractivity contribution is 6.62. The number of benzene rings is 4. The Morgan fingerprint density at radius 1 is 0.595 bits per heavy atom. The Labute approximate surface area is 428 Å². The van der Waals surface area contributed by atoms with E-state index in [0.717, 1.165) is 69.6 Å². The zero-order chi connectivity index (χ0) is 52.1. The molecule has 4 aromatic heterocycles. The van der Waals surface area contributed by atoms with Crippen molar-refractivity contribution in [2.24, 2.45) is 0 Å². The van der Waals surface area contributed by atoms with Gasteiger partial charge in [-0.1, -0.05) is 24.3 Å². The fourth-order valence-corrected chi connectivity index (χ4v) is 10.3. The maximum atomic E-state index is 14.2. The topological polar surface area (TPSA) is 194 Å². The van der Waals surface area contributed by atoms with E-state index < -0.39 is 25.4 Å². The van der Waals surface area contributed by atoms with Crippen LogP contribution in [0.3, 0.4) is 0 Å². The highest BCUT2D eigenvalue weighted by atomic mass is 16.7. The van der Waals surface area contributed by atoms with Crippen LogP contribution in [-0.2, 0) is 31.9 Å². The zero-order valence-corrected chi connectivity index (χ0v) is 43.1. The minimum atomic E-state index is -1.65. The second-order valence-electron chi connectivity index (χ2n) is 20.0. The van der Waals surface area contributed by atoms with Crippen molar-refractivity contribution in [1.82, 2.24) is 28.7 Å². The SMILES string of the molecule is COc1ccc(Cn2c(=O)c3cnn(C4CCOCC4)c3c3ccc(B(O)O)cc32)c(OC)c1.COc1ccc(Cn2c(=O)c3cnn(C4CCOCC4)c3c3ccc(B4OC(C)(C)C(C)(C)O4)cc32)c(OC)c1. The number of aromatic nitrogens is 6. The Morgan fingerprint density at radius 2 is 1.04 bits per heavy atom. The minimum absolute atomic E-state index is 0.107. The predicted octanol–water partition coefficient (Wildman–Crippen LogP) is 5.52. The summed E-state index contributed by atoms with van der Waals surface area (Å²) in [6.45, 7) is 11.4. The van der Waals surface area contributed by atoms with Gasteiger partial charge in [0.1, 0.15) is 23.0 Å². The average molecular weight is 1010 g/mol. The summed E-state index contributed by atoms with van der Waals surface area (Å²) in [6, 6.07) is 22.7. The molecule has 3 saturated heterocycles. The van der Waals surface area contributed by atoms with Gasteiger partial charge in [-0.3, -0.25) is 19.0 Å². The van der Waals surface area contributed by atoms with Gasteiger partial charge >= 0.3 is 14.2 Å². The fraction of sp³-hybridized carbons (Fsp3) is 0.407. The first-order chi connectivity index (χ1) is 35.6. The van der Waals surface area contributed by atoms with Gasteiger partial charge in [0.25, 0.3) is 11.1 Å². The van der Waals surface area contributed by atoms with Crippen LogP contribution in [0.4, 0.5) is 0 Å². The number of hydrogen-bond acceptors (Lipinski definition) is 14. The molecule has 20 heteroatoms. The summed E-state index contributed by atoms with van der Waals surface area (Å²) in [5, 5.41) is 31.8. The molecular formula is C54H62B2N6O12. The van der Waals surface area contributed by atoms with Crippen LogP contribution in [0.2, 0.25) is 0 Å². The molecule has 3 aliphatic heterocycles. The van der Waals surface area contributed by atoms with Gasteiger partial charge in [-0.15, -0.1) is 0 Å². The number of rotatable bonds is 12. The average Bonchev–Trinajstić information content (AvgIpc) is 4.13. The van der Waals surface area contributed by atoms with Crippen molar-refractivity contribution < 1.29 is 47.8 Å². The lowest BCUT2D eigenvalue weighted by molar-refractivity contribution is 0.00578. The first-order valence-electron chi connectivity index (χ1n) is 25.0. The van der Waals surface area contributed by atoms with Gasteiger partial charge < -0.3 is 56.9 Å². The molecule has 0 amide bonds. The van der Waals surface area contributed by atoms with E-state index in [1.165, 1.54) is 0 Å². The second kappa shape index (κ2) is 20.6. The normalized spacial score (nSPS) is 17.0. The van der Waals surface area contributed by atoms with E-state index in [9.17, 15) is 19.6 Å². The lowest BCUT2D eigenvalue weighted by atomic mass is 9.78. The van der Waals surface area contributed by atoms with Gasteiger partial charge in [0.05, 0.1) is 110 Å². The summed E-state index contributed by atoms with van der Waals surface area (Å²) in [7, 11) is 4.19. The Hall–Kier alpha value is -6.67. The lowest BCUT2D eigenvalue weighted by Crippen LogP contribution is -2.41. The highest BCUT2D eigenvalue weighted by Crippen LogP contribution is 2.38. The molecule has 0 aliphatic carbocycles. The number of hydrogen-bond donors (Lipinski definition) is 2. The molecule has 0 saturated carbocycles. The molecule has 0 atom stereocenters. The number of methoxy groups -OCH3 is 4. The van der Waals surface area contributed by atoms with E-state index >= 15 is 0 Å². The summed E-state index contributed by atoms with van der Waals surface area (Å²) in [5.74, 6) is 2.58. The summed E-state index contributed by atoms with van der Waals surface area (Å²) >= 11 is 0. The van der Waals surface area contributed by atoms with Crippen LogP contribution in [0.25, 0.3) is 43.6 Å². The number of ether oxygens (including phenoxy) is 6. The lowest BCUT2D eigenvalue weighted by Gasteiger charge is -2.32. The first-order valence-corrected chi connectivity index (χ1v) is 25.0. The molecular weight excluding hydrogens is 946 g/mol. The van der Waals surface area contributed by atoms with Crippen molar-refractivity contribution in [2.45, 2.75) is 89.8 Å². The van der Waals surface area contributed by atoms with Crippen LogP contribution in [0, 0.1) is 0 Å². The van der Waals surface area contributed by atoms with Gasteiger partial charge in [0.2, 0.25) is 0 Å². The fourth-order valence-electron chi connectivity index (χ4n) is 10.3. The van der Waals surface area contributed by atoms with Gasteiger partial charge in [-0.05, 0) is 101 Å². The maximum Gasteiger partial charge on any atom is 0.494 e. The van der Waals surface area contributed by atoms with Crippen LogP contribution in [0.15, 0.2) is 94.8 Å². The molecule has 8 aromatic rings. The van der Waals surface area contributed by atoms with Crippen molar-refractivity contribution in [3.63, 3.8) is 0 Å². The third kappa shape index (κ3) is 9.32. The van der Waals surface area contributed by atoms with Gasteiger partial charge in [0.15, 0.2) is 0 Å². The van der Waals surface area contributed by atoms with Gasteiger partial charge in [0, 0.05) is 60.5 Å². The largest absolute Gasteiger partial charge is 0.497 e. The molecule has 0 radical (unpaired) electrons. The Balaban J connectivity index is 0.000000172. The predicted molar refractivity (Wildman–Crippen MR) is 284 cm³/mol. The Morgan fingerprint density at radius 3 is 1.47 bits per heavy atom. The number of pyridine rings is 2. The molecule has 386 valence electrons. The number of fused-ring (bicyclic) bond motifs is 6. The van der Waals surface area contributed by atoms with Crippen LogP contribution in [-0.4, -0.2) is 119 Å². The highest BCUT2D eigenvalue weighted by Gasteiger charge is 2.51. The molecule has 3 fully saturated rings. The smallest absolute Gasteiger partial charge is 0.494 e. The first kappa shape index (κ1) is 50.8. The summed E-state index contributed by atoms with van der Waals surface area (Å²) in [6.07, 6.45) is 6.68. The third-order valence-corrected chi connectivity index (χ3v) is 15.2. The molecule has 18 nitrogen and oxygen atoms in total. The van der Waals surface area contributed by atoms with Crippen molar-refractivity contribution >= 4 is 68.8 Å². The van der Waals surface area contributed by atoms with E-state index in [1.807, 2.05) is 85.6 Å². The van der Waals surface area contributed by atoms with E-state index in [-0.39, 0.29) is 29.7 Å². The number of nitrogens with zero attached hydrogens (tertiary/aromatic N) is 6. The standard InChI is InChI=1S/C30H36BN3O6.C24H26BN3O6/c1-29(2)30(3,4)40-31(39-29)20-8-10-23-25(15-20)33(18-19-7-9-22(36-5)16-26(19)37-6)28(35)24-17-32-34(27(23)24)21-11-13-38-14-12-21;1-32-18-5-3-15(22(12-18)33-2)14-27-21-11-16(25(30)31)4-6-19(21)23-20(24(27)29)13-26-28(23)17-7-9-34-10-8-17/h7-10,15-17,21H,11-14,18H2,1-6H3;3-6,11-13,17,30-31H,7-10,14H2,1-2H3. The van der Waals surface area contributed by atoms with E-state index in [4.69, 9.17) is 42.8 Å². The van der Waals surface area contributed by atoms with Crippen molar-refractivity contribution in [3.05, 3.63) is 117 Å². The van der Waals surface area contributed by atoms with Crippen LogP contribution in [0.1, 0.15) is 76.6 Å². The van der Waals surface area contributed by atoms with E-state index in [0.29, 0.717) is 77.7 Å².